The molecule has 2 aromatic carbocycles. The molecule has 1 aliphatic rings. The van der Waals surface area contributed by atoms with Crippen LogP contribution in [-0.2, 0) is 14.3 Å². The molecule has 36 heavy (non-hydrogen) atoms. The predicted molar refractivity (Wildman–Crippen MR) is 134 cm³/mol. The highest BCUT2D eigenvalue weighted by molar-refractivity contribution is 5.96. The van der Waals surface area contributed by atoms with Gasteiger partial charge in [0.15, 0.2) is 18.1 Å². The molecular weight excluding hydrogens is 466 g/mol. The molecule has 10 nitrogen and oxygen atoms in total. The Labute approximate surface area is 211 Å². The SMILES string of the molecule is CCOc1ccc(C(=O)NCC(=O)OCC(=O)N2CCN(c3ccc(OC)cc3)CC2)cc1OCC. The summed E-state index contributed by atoms with van der Waals surface area (Å²) in [5, 5.41) is 2.50. The first-order valence-corrected chi connectivity index (χ1v) is 11.9. The smallest absolute Gasteiger partial charge is 0.325 e. The van der Waals surface area contributed by atoms with E-state index in [2.05, 4.69) is 10.2 Å². The first-order valence-electron chi connectivity index (χ1n) is 11.9. The van der Waals surface area contributed by atoms with Crippen molar-refractivity contribution in [2.75, 3.05) is 64.6 Å². The lowest BCUT2D eigenvalue weighted by Crippen LogP contribution is -2.50. The summed E-state index contributed by atoms with van der Waals surface area (Å²) in [4.78, 5) is 40.9. The molecule has 0 unspecified atom stereocenters. The van der Waals surface area contributed by atoms with Crippen LogP contribution >= 0.6 is 0 Å². The fourth-order valence-corrected chi connectivity index (χ4v) is 3.74. The van der Waals surface area contributed by atoms with Crippen LogP contribution in [0.2, 0.25) is 0 Å². The van der Waals surface area contributed by atoms with Crippen LogP contribution in [-0.4, -0.2) is 82.3 Å². The number of ether oxygens (including phenoxy) is 4. The summed E-state index contributed by atoms with van der Waals surface area (Å²) in [5.74, 6) is 0.365. The standard InChI is InChI=1S/C26H33N3O7/c1-4-34-22-11-6-19(16-23(22)35-5-2)26(32)27-17-25(31)36-18-24(30)29-14-12-28(13-15-29)20-7-9-21(33-3)10-8-20/h6-11,16H,4-5,12-15,17-18H2,1-3H3,(H,27,32). The molecule has 2 amide bonds. The Morgan fingerprint density at radius 3 is 2.19 bits per heavy atom. The Balaban J connectivity index is 1.40. The molecule has 194 valence electrons. The number of esters is 1. The molecule has 1 aliphatic heterocycles. The molecule has 0 aromatic heterocycles. The van der Waals surface area contributed by atoms with Crippen molar-refractivity contribution in [3.63, 3.8) is 0 Å². The van der Waals surface area contributed by atoms with Crippen molar-refractivity contribution >= 4 is 23.5 Å². The van der Waals surface area contributed by atoms with Gasteiger partial charge in [-0.15, -0.1) is 0 Å². The van der Waals surface area contributed by atoms with Gasteiger partial charge in [-0.25, -0.2) is 0 Å². The van der Waals surface area contributed by atoms with Crippen LogP contribution in [0.25, 0.3) is 0 Å². The largest absolute Gasteiger partial charge is 0.497 e. The zero-order valence-corrected chi connectivity index (χ0v) is 21.0. The maximum absolute atomic E-state index is 12.5. The molecule has 1 N–H and O–H groups in total. The molecule has 0 saturated carbocycles. The van der Waals surface area contributed by atoms with Crippen LogP contribution in [0.3, 0.4) is 0 Å². The Kier molecular flexibility index (Phi) is 9.79. The normalized spacial score (nSPS) is 13.1. The van der Waals surface area contributed by atoms with Crippen molar-refractivity contribution in [3.8, 4) is 17.2 Å². The van der Waals surface area contributed by atoms with Crippen LogP contribution in [0.1, 0.15) is 24.2 Å². The summed E-state index contributed by atoms with van der Waals surface area (Å²) in [5.41, 5.74) is 1.38. The zero-order valence-electron chi connectivity index (χ0n) is 21.0. The third-order valence-electron chi connectivity index (χ3n) is 5.63. The van der Waals surface area contributed by atoms with Gasteiger partial charge in [0.05, 0.1) is 20.3 Å². The van der Waals surface area contributed by atoms with E-state index in [0.29, 0.717) is 56.5 Å². The number of piperazine rings is 1. The van der Waals surface area contributed by atoms with Crippen molar-refractivity contribution in [3.05, 3.63) is 48.0 Å². The van der Waals surface area contributed by atoms with Gasteiger partial charge >= 0.3 is 5.97 Å². The van der Waals surface area contributed by atoms with E-state index in [1.54, 1.807) is 30.2 Å². The summed E-state index contributed by atoms with van der Waals surface area (Å²) in [6.07, 6.45) is 0. The lowest BCUT2D eigenvalue weighted by Gasteiger charge is -2.36. The number of benzene rings is 2. The monoisotopic (exact) mass is 499 g/mol. The molecule has 1 fully saturated rings. The Hall–Kier alpha value is -3.95. The van der Waals surface area contributed by atoms with Crippen LogP contribution in [0.4, 0.5) is 5.69 Å². The number of rotatable bonds is 11. The minimum absolute atomic E-state index is 0.267. The highest BCUT2D eigenvalue weighted by atomic mass is 16.5. The second-order valence-corrected chi connectivity index (χ2v) is 7.94. The van der Waals surface area contributed by atoms with Gasteiger partial charge in [0.1, 0.15) is 12.3 Å². The quantitative estimate of drug-likeness (QED) is 0.469. The highest BCUT2D eigenvalue weighted by Gasteiger charge is 2.22. The van der Waals surface area contributed by atoms with Gasteiger partial charge in [0.25, 0.3) is 11.8 Å². The average molecular weight is 500 g/mol. The number of hydrogen-bond donors (Lipinski definition) is 1. The number of anilines is 1. The Bertz CT molecular complexity index is 1030. The molecule has 1 heterocycles. The average Bonchev–Trinajstić information content (AvgIpc) is 2.91. The van der Waals surface area contributed by atoms with Gasteiger partial charge in [-0.3, -0.25) is 14.4 Å². The fourth-order valence-electron chi connectivity index (χ4n) is 3.74. The molecule has 0 spiro atoms. The van der Waals surface area contributed by atoms with Gasteiger partial charge in [-0.2, -0.15) is 0 Å². The van der Waals surface area contributed by atoms with Crippen molar-refractivity contribution < 1.29 is 33.3 Å². The Morgan fingerprint density at radius 1 is 0.889 bits per heavy atom. The van der Waals surface area contributed by atoms with Crippen LogP contribution < -0.4 is 24.4 Å². The first kappa shape index (κ1) is 26.7. The molecule has 0 aliphatic carbocycles. The summed E-state index contributed by atoms with van der Waals surface area (Å²) >= 11 is 0. The molecule has 0 radical (unpaired) electrons. The van der Waals surface area contributed by atoms with Gasteiger partial charge in [-0.05, 0) is 56.3 Å². The number of amides is 2. The first-order chi connectivity index (χ1) is 17.4. The van der Waals surface area contributed by atoms with Crippen molar-refractivity contribution in [1.29, 1.82) is 0 Å². The van der Waals surface area contributed by atoms with Gasteiger partial charge in [0, 0.05) is 37.4 Å². The number of nitrogens with one attached hydrogen (secondary N) is 1. The molecule has 0 atom stereocenters. The highest BCUT2D eigenvalue weighted by Crippen LogP contribution is 2.28. The van der Waals surface area contributed by atoms with Crippen molar-refractivity contribution in [1.82, 2.24) is 10.2 Å². The Morgan fingerprint density at radius 2 is 1.56 bits per heavy atom. The number of carbonyl (C=O) groups excluding carboxylic acids is 3. The van der Waals surface area contributed by atoms with Crippen LogP contribution in [0.15, 0.2) is 42.5 Å². The third kappa shape index (κ3) is 7.27. The topological polar surface area (TPSA) is 107 Å². The summed E-state index contributed by atoms with van der Waals surface area (Å²) < 4.78 is 21.3. The molecule has 3 rings (SSSR count). The lowest BCUT2D eigenvalue weighted by atomic mass is 10.2. The molecular formula is C26H33N3O7. The third-order valence-corrected chi connectivity index (χ3v) is 5.63. The molecule has 1 saturated heterocycles. The van der Waals surface area contributed by atoms with E-state index in [1.165, 1.54) is 0 Å². The van der Waals surface area contributed by atoms with E-state index in [0.717, 1.165) is 11.4 Å². The second kappa shape index (κ2) is 13.2. The van der Waals surface area contributed by atoms with Crippen molar-refractivity contribution in [2.24, 2.45) is 0 Å². The van der Waals surface area contributed by atoms with Crippen LogP contribution in [0.5, 0.6) is 17.2 Å². The minimum Gasteiger partial charge on any atom is -0.497 e. The minimum atomic E-state index is -0.690. The van der Waals surface area contributed by atoms with E-state index in [-0.39, 0.29) is 19.1 Å². The number of nitrogens with zero attached hydrogens (tertiary/aromatic N) is 2. The van der Waals surface area contributed by atoms with E-state index >= 15 is 0 Å². The maximum Gasteiger partial charge on any atom is 0.325 e. The summed E-state index contributed by atoms with van der Waals surface area (Å²) in [7, 11) is 1.63. The number of carbonyl (C=O) groups is 3. The van der Waals surface area contributed by atoms with Gasteiger partial charge in [0.2, 0.25) is 0 Å². The van der Waals surface area contributed by atoms with E-state index < -0.39 is 11.9 Å². The van der Waals surface area contributed by atoms with E-state index in [9.17, 15) is 14.4 Å². The molecule has 2 aromatic rings. The summed E-state index contributed by atoms with van der Waals surface area (Å²) in [6, 6.07) is 12.6. The predicted octanol–water partition coefficient (Wildman–Crippen LogP) is 2.11. The van der Waals surface area contributed by atoms with Crippen molar-refractivity contribution in [2.45, 2.75) is 13.8 Å². The lowest BCUT2D eigenvalue weighted by molar-refractivity contribution is -0.151. The second-order valence-electron chi connectivity index (χ2n) is 7.94. The zero-order chi connectivity index (χ0) is 25.9. The maximum atomic E-state index is 12.5. The van der Waals surface area contributed by atoms with E-state index in [4.69, 9.17) is 18.9 Å². The number of hydrogen-bond acceptors (Lipinski definition) is 8. The van der Waals surface area contributed by atoms with Gasteiger partial charge < -0.3 is 34.1 Å². The molecule has 10 heteroatoms. The van der Waals surface area contributed by atoms with Gasteiger partial charge in [-0.1, -0.05) is 0 Å². The fraction of sp³-hybridized carbons (Fsp3) is 0.423. The molecule has 0 bridgehead atoms. The van der Waals surface area contributed by atoms with E-state index in [1.807, 2.05) is 38.1 Å². The van der Waals surface area contributed by atoms with Crippen LogP contribution in [0, 0.1) is 0 Å². The summed E-state index contributed by atoms with van der Waals surface area (Å²) in [6.45, 7) is 6.26. The number of methoxy groups -OCH3 is 1.